The standard InChI is InChI=1S/C20H21N3O4/c1-20(2,3)22-19(26)27-16(15-10-6-7-11-21-15)12-23-17(24)13-8-4-5-9-14(13)18(23)25/h4-11,16H,12H2,1-3H3,(H,22,26). The molecule has 2 heterocycles. The Morgan fingerprint density at radius 3 is 2.19 bits per heavy atom. The SMILES string of the molecule is CC(C)(C)NC(=O)OC(CN1C(=O)c2ccccc2C1=O)c1ccccn1. The molecule has 3 rings (SSSR count). The molecule has 140 valence electrons. The minimum Gasteiger partial charge on any atom is -0.438 e. The Balaban J connectivity index is 1.83. The van der Waals surface area contributed by atoms with E-state index < -0.39 is 29.6 Å². The Hall–Kier alpha value is -3.22. The van der Waals surface area contributed by atoms with Crippen molar-refractivity contribution in [1.29, 1.82) is 0 Å². The highest BCUT2D eigenvalue weighted by Crippen LogP contribution is 2.26. The summed E-state index contributed by atoms with van der Waals surface area (Å²) in [5.41, 5.74) is 0.669. The molecule has 2 aromatic rings. The highest BCUT2D eigenvalue weighted by molar-refractivity contribution is 6.21. The number of alkyl carbamates (subject to hydrolysis) is 1. The quantitative estimate of drug-likeness (QED) is 0.840. The number of hydrogen-bond donors (Lipinski definition) is 1. The van der Waals surface area contributed by atoms with E-state index in [0.29, 0.717) is 16.8 Å². The number of aromatic nitrogens is 1. The van der Waals surface area contributed by atoms with Gasteiger partial charge in [-0.25, -0.2) is 4.79 Å². The summed E-state index contributed by atoms with van der Waals surface area (Å²) in [6.45, 7) is 5.37. The number of nitrogens with one attached hydrogen (secondary N) is 1. The van der Waals surface area contributed by atoms with Crippen molar-refractivity contribution >= 4 is 17.9 Å². The number of carbonyl (C=O) groups is 3. The number of fused-ring (bicyclic) bond motifs is 1. The molecule has 27 heavy (non-hydrogen) atoms. The number of ether oxygens (including phenoxy) is 1. The number of amides is 3. The second-order valence-corrected chi connectivity index (χ2v) is 7.29. The molecule has 7 heteroatoms. The largest absolute Gasteiger partial charge is 0.438 e. The van der Waals surface area contributed by atoms with Crippen LogP contribution in [0.4, 0.5) is 4.79 Å². The predicted octanol–water partition coefficient (Wildman–Crippen LogP) is 2.94. The number of rotatable bonds is 4. The van der Waals surface area contributed by atoms with E-state index in [-0.39, 0.29) is 6.54 Å². The third kappa shape index (κ3) is 4.13. The van der Waals surface area contributed by atoms with Crippen molar-refractivity contribution in [2.75, 3.05) is 6.54 Å². The number of pyridine rings is 1. The Kier molecular flexibility index (Phi) is 4.94. The Labute approximate surface area is 157 Å². The molecular weight excluding hydrogens is 346 g/mol. The molecule has 0 bridgehead atoms. The van der Waals surface area contributed by atoms with Gasteiger partial charge in [0.15, 0.2) is 6.10 Å². The van der Waals surface area contributed by atoms with Gasteiger partial charge in [-0.05, 0) is 45.0 Å². The van der Waals surface area contributed by atoms with Crippen molar-refractivity contribution in [1.82, 2.24) is 15.2 Å². The first kappa shape index (κ1) is 18.6. The molecule has 1 N–H and O–H groups in total. The number of carbonyl (C=O) groups excluding carboxylic acids is 3. The van der Waals surface area contributed by atoms with Crippen LogP contribution in [0.2, 0.25) is 0 Å². The average molecular weight is 367 g/mol. The first-order valence-corrected chi connectivity index (χ1v) is 8.61. The maximum atomic E-state index is 12.6. The van der Waals surface area contributed by atoms with Gasteiger partial charge in [-0.2, -0.15) is 0 Å². The summed E-state index contributed by atoms with van der Waals surface area (Å²) in [4.78, 5) is 42.8. The van der Waals surface area contributed by atoms with Crippen molar-refractivity contribution in [2.45, 2.75) is 32.4 Å². The second-order valence-electron chi connectivity index (χ2n) is 7.29. The van der Waals surface area contributed by atoms with Crippen molar-refractivity contribution in [3.63, 3.8) is 0 Å². The van der Waals surface area contributed by atoms with Crippen LogP contribution in [-0.4, -0.2) is 39.9 Å². The minimum absolute atomic E-state index is 0.110. The van der Waals surface area contributed by atoms with Crippen LogP contribution < -0.4 is 5.32 Å². The summed E-state index contributed by atoms with van der Waals surface area (Å²) in [7, 11) is 0. The molecule has 0 saturated carbocycles. The van der Waals surface area contributed by atoms with E-state index in [1.165, 1.54) is 0 Å². The number of hydrogen-bond acceptors (Lipinski definition) is 5. The zero-order chi connectivity index (χ0) is 19.6. The monoisotopic (exact) mass is 367 g/mol. The van der Waals surface area contributed by atoms with E-state index in [9.17, 15) is 14.4 Å². The van der Waals surface area contributed by atoms with Crippen LogP contribution in [-0.2, 0) is 4.74 Å². The van der Waals surface area contributed by atoms with Gasteiger partial charge in [0.25, 0.3) is 11.8 Å². The van der Waals surface area contributed by atoms with Crippen molar-refractivity contribution in [3.05, 3.63) is 65.5 Å². The maximum absolute atomic E-state index is 12.6. The minimum atomic E-state index is -0.879. The molecule has 0 fully saturated rings. The van der Waals surface area contributed by atoms with Gasteiger partial charge >= 0.3 is 6.09 Å². The summed E-state index contributed by atoms with van der Waals surface area (Å²) >= 11 is 0. The first-order valence-electron chi connectivity index (χ1n) is 8.61. The van der Waals surface area contributed by atoms with Crippen LogP contribution in [0.15, 0.2) is 48.7 Å². The van der Waals surface area contributed by atoms with Gasteiger partial charge in [-0.1, -0.05) is 18.2 Å². The zero-order valence-electron chi connectivity index (χ0n) is 15.4. The van der Waals surface area contributed by atoms with Crippen LogP contribution in [0, 0.1) is 0 Å². The topological polar surface area (TPSA) is 88.6 Å². The van der Waals surface area contributed by atoms with Gasteiger partial charge in [-0.15, -0.1) is 0 Å². The molecular formula is C20H21N3O4. The van der Waals surface area contributed by atoms with Gasteiger partial charge < -0.3 is 10.1 Å². The summed E-state index contributed by atoms with van der Waals surface area (Å²) in [5.74, 6) is -0.812. The van der Waals surface area contributed by atoms with Crippen molar-refractivity contribution < 1.29 is 19.1 Å². The van der Waals surface area contributed by atoms with Crippen molar-refractivity contribution in [3.8, 4) is 0 Å². The van der Waals surface area contributed by atoms with Gasteiger partial charge in [0.2, 0.25) is 0 Å². The Morgan fingerprint density at radius 2 is 1.67 bits per heavy atom. The second kappa shape index (κ2) is 7.19. The number of imide groups is 1. The highest BCUT2D eigenvalue weighted by Gasteiger charge is 2.38. The summed E-state index contributed by atoms with van der Waals surface area (Å²) in [6.07, 6.45) is 0.0425. The molecule has 1 aromatic heterocycles. The molecule has 0 aliphatic carbocycles. The van der Waals surface area contributed by atoms with Crippen LogP contribution in [0.5, 0.6) is 0 Å². The lowest BCUT2D eigenvalue weighted by Crippen LogP contribution is -2.43. The van der Waals surface area contributed by atoms with E-state index in [4.69, 9.17) is 4.74 Å². The van der Waals surface area contributed by atoms with E-state index in [2.05, 4.69) is 10.3 Å². The van der Waals surface area contributed by atoms with Crippen molar-refractivity contribution in [2.24, 2.45) is 0 Å². The maximum Gasteiger partial charge on any atom is 0.408 e. The summed E-state index contributed by atoms with van der Waals surface area (Å²) in [6, 6.07) is 11.8. The molecule has 1 atom stereocenters. The molecule has 1 aromatic carbocycles. The average Bonchev–Trinajstić information content (AvgIpc) is 2.85. The molecule has 3 amide bonds. The van der Waals surface area contributed by atoms with E-state index >= 15 is 0 Å². The van der Waals surface area contributed by atoms with Crippen LogP contribution in [0.25, 0.3) is 0 Å². The summed E-state index contributed by atoms with van der Waals surface area (Å²) in [5, 5.41) is 2.71. The molecule has 0 spiro atoms. The molecule has 0 radical (unpaired) electrons. The molecule has 1 aliphatic heterocycles. The predicted molar refractivity (Wildman–Crippen MR) is 98.2 cm³/mol. The van der Waals surface area contributed by atoms with E-state index in [1.807, 2.05) is 20.8 Å². The fourth-order valence-electron chi connectivity index (χ4n) is 2.79. The third-order valence-electron chi connectivity index (χ3n) is 3.97. The smallest absolute Gasteiger partial charge is 0.408 e. The third-order valence-corrected chi connectivity index (χ3v) is 3.97. The van der Waals surface area contributed by atoms with Crippen LogP contribution in [0.1, 0.15) is 53.3 Å². The van der Waals surface area contributed by atoms with Gasteiger partial charge in [0, 0.05) is 11.7 Å². The summed E-state index contributed by atoms with van der Waals surface area (Å²) < 4.78 is 5.51. The molecule has 1 aliphatic rings. The van der Waals surface area contributed by atoms with Gasteiger partial charge in [0.1, 0.15) is 0 Å². The number of nitrogens with zero attached hydrogens (tertiary/aromatic N) is 2. The lowest BCUT2D eigenvalue weighted by molar-refractivity contribution is 0.0445. The normalized spacial score (nSPS) is 14.7. The molecule has 7 nitrogen and oxygen atoms in total. The Bertz CT molecular complexity index is 839. The van der Waals surface area contributed by atoms with Gasteiger partial charge in [0.05, 0.1) is 23.4 Å². The lowest BCUT2D eigenvalue weighted by Gasteiger charge is -2.25. The lowest BCUT2D eigenvalue weighted by atomic mass is 10.1. The number of benzene rings is 1. The van der Waals surface area contributed by atoms with E-state index in [1.54, 1.807) is 48.7 Å². The van der Waals surface area contributed by atoms with Gasteiger partial charge in [-0.3, -0.25) is 19.5 Å². The fourth-order valence-corrected chi connectivity index (χ4v) is 2.79. The van der Waals surface area contributed by atoms with Crippen LogP contribution in [0.3, 0.4) is 0 Å². The van der Waals surface area contributed by atoms with E-state index in [0.717, 1.165) is 4.90 Å². The fraction of sp³-hybridized carbons (Fsp3) is 0.300. The van der Waals surface area contributed by atoms with Crippen LogP contribution >= 0.6 is 0 Å². The first-order chi connectivity index (χ1) is 12.8. The molecule has 0 saturated heterocycles. The zero-order valence-corrected chi connectivity index (χ0v) is 15.4. The molecule has 1 unspecified atom stereocenters. The Morgan fingerprint density at radius 1 is 1.07 bits per heavy atom. The highest BCUT2D eigenvalue weighted by atomic mass is 16.6.